The first kappa shape index (κ1) is 14.6. The van der Waals surface area contributed by atoms with Gasteiger partial charge in [0.05, 0.1) is 13.2 Å². The molecule has 2 fully saturated rings. The number of rotatable bonds is 3. The molecular weight excluding hydrogens is 296 g/mol. The summed E-state index contributed by atoms with van der Waals surface area (Å²) in [5, 5.41) is 0. The Morgan fingerprint density at radius 2 is 2.09 bits per heavy atom. The van der Waals surface area contributed by atoms with E-state index in [1.54, 1.807) is 7.11 Å². The average Bonchev–Trinajstić information content (AvgIpc) is 3.19. The smallest absolute Gasteiger partial charge is 0.239 e. The van der Waals surface area contributed by atoms with Gasteiger partial charge >= 0.3 is 0 Å². The molecule has 1 aromatic rings. The Labute approximate surface area is 135 Å². The third-order valence-electron chi connectivity index (χ3n) is 5.16. The van der Waals surface area contributed by atoms with Crippen molar-refractivity contribution in [3.63, 3.8) is 0 Å². The number of benzene rings is 1. The highest BCUT2D eigenvalue weighted by Gasteiger charge is 2.40. The van der Waals surface area contributed by atoms with E-state index in [-0.39, 0.29) is 18.7 Å². The monoisotopic (exact) mass is 318 g/mol. The molecule has 6 heteroatoms. The van der Waals surface area contributed by atoms with Crippen LogP contribution in [0.4, 0.5) is 0 Å². The molecule has 0 aromatic heterocycles. The molecule has 2 saturated heterocycles. The molecule has 124 valence electrons. The summed E-state index contributed by atoms with van der Waals surface area (Å²) in [4.78, 5) is 16.9. The second kappa shape index (κ2) is 5.60. The maximum Gasteiger partial charge on any atom is 0.239 e. The minimum atomic E-state index is -0.0977. The molecule has 0 spiro atoms. The number of fused-ring (bicyclic) bond motifs is 2. The third kappa shape index (κ3) is 2.41. The molecule has 0 radical (unpaired) electrons. The zero-order valence-corrected chi connectivity index (χ0v) is 13.6. The Bertz CT molecular complexity index is 633. The summed E-state index contributed by atoms with van der Waals surface area (Å²) in [5.74, 6) is 2.50. The van der Waals surface area contributed by atoms with E-state index < -0.39 is 0 Å². The van der Waals surface area contributed by atoms with Crippen molar-refractivity contribution in [1.29, 1.82) is 0 Å². The largest absolute Gasteiger partial charge is 0.496 e. The van der Waals surface area contributed by atoms with Gasteiger partial charge in [-0.15, -0.1) is 0 Å². The minimum Gasteiger partial charge on any atom is -0.496 e. The summed E-state index contributed by atoms with van der Waals surface area (Å²) >= 11 is 0. The predicted molar refractivity (Wildman–Crippen MR) is 83.7 cm³/mol. The molecule has 0 aliphatic carbocycles. The Morgan fingerprint density at radius 1 is 1.30 bits per heavy atom. The van der Waals surface area contributed by atoms with E-state index in [0.29, 0.717) is 12.6 Å². The van der Waals surface area contributed by atoms with Crippen molar-refractivity contribution in [2.75, 3.05) is 27.0 Å². The Hall–Kier alpha value is -1.95. The molecule has 0 N–H and O–H groups in total. The molecule has 6 nitrogen and oxygen atoms in total. The number of nitrogens with zero attached hydrogens (tertiary/aromatic N) is 2. The van der Waals surface area contributed by atoms with E-state index in [4.69, 9.17) is 14.2 Å². The number of piperazine rings is 1. The summed E-state index contributed by atoms with van der Waals surface area (Å²) in [7, 11) is 1.66. The molecular formula is C17H22N2O4. The number of hydrogen-bond donors (Lipinski definition) is 0. The van der Waals surface area contributed by atoms with Crippen molar-refractivity contribution in [2.45, 2.75) is 38.4 Å². The number of carbonyl (C=O) groups is 1. The lowest BCUT2D eigenvalue weighted by atomic mass is 10.1. The lowest BCUT2D eigenvalue weighted by molar-refractivity contribution is -0.143. The first-order chi connectivity index (χ1) is 11.2. The predicted octanol–water partition coefficient (Wildman–Crippen LogP) is 1.62. The van der Waals surface area contributed by atoms with Crippen LogP contribution in [0.3, 0.4) is 0 Å². The van der Waals surface area contributed by atoms with Crippen molar-refractivity contribution in [3.05, 3.63) is 17.7 Å². The van der Waals surface area contributed by atoms with Gasteiger partial charge in [-0.05, 0) is 25.8 Å². The molecule has 0 bridgehead atoms. The molecule has 23 heavy (non-hydrogen) atoms. The van der Waals surface area contributed by atoms with E-state index >= 15 is 0 Å². The molecule has 3 aliphatic heterocycles. The Morgan fingerprint density at radius 3 is 2.87 bits per heavy atom. The zero-order valence-electron chi connectivity index (χ0n) is 13.6. The van der Waals surface area contributed by atoms with Gasteiger partial charge in [-0.2, -0.15) is 0 Å². The van der Waals surface area contributed by atoms with Crippen molar-refractivity contribution in [2.24, 2.45) is 0 Å². The van der Waals surface area contributed by atoms with Crippen LogP contribution in [-0.4, -0.2) is 54.8 Å². The van der Waals surface area contributed by atoms with Gasteiger partial charge < -0.3 is 19.1 Å². The summed E-state index contributed by atoms with van der Waals surface area (Å²) in [5.41, 5.74) is 1.03. The highest BCUT2D eigenvalue weighted by atomic mass is 16.7. The number of methoxy groups -OCH3 is 1. The maximum absolute atomic E-state index is 12.6. The van der Waals surface area contributed by atoms with Gasteiger partial charge in [0.15, 0.2) is 11.5 Å². The van der Waals surface area contributed by atoms with Gasteiger partial charge in [0.25, 0.3) is 0 Å². The summed E-state index contributed by atoms with van der Waals surface area (Å²) in [6.45, 7) is 4.75. The number of hydrogen-bond acceptors (Lipinski definition) is 5. The van der Waals surface area contributed by atoms with E-state index in [2.05, 4.69) is 9.80 Å². The fourth-order valence-corrected chi connectivity index (χ4v) is 3.84. The summed E-state index contributed by atoms with van der Waals surface area (Å²) in [6.07, 6.45) is 2.22. The van der Waals surface area contributed by atoms with Crippen LogP contribution in [0.15, 0.2) is 12.1 Å². The van der Waals surface area contributed by atoms with Crippen LogP contribution in [-0.2, 0) is 11.3 Å². The van der Waals surface area contributed by atoms with Gasteiger partial charge in [0.1, 0.15) is 5.75 Å². The van der Waals surface area contributed by atoms with E-state index in [1.165, 1.54) is 0 Å². The zero-order chi connectivity index (χ0) is 16.0. The molecule has 1 amide bonds. The van der Waals surface area contributed by atoms with Gasteiger partial charge in [0.2, 0.25) is 12.7 Å². The SMILES string of the molecule is COc1cc2c(cc1CN1C[C@@H]3CCCN3C(=O)[C@@H]1C)OCO2. The number of ether oxygens (including phenoxy) is 3. The van der Waals surface area contributed by atoms with Gasteiger partial charge in [0, 0.05) is 37.3 Å². The van der Waals surface area contributed by atoms with Crippen LogP contribution in [0, 0.1) is 0 Å². The van der Waals surface area contributed by atoms with Crippen LogP contribution >= 0.6 is 0 Å². The van der Waals surface area contributed by atoms with Crippen LogP contribution < -0.4 is 14.2 Å². The van der Waals surface area contributed by atoms with Crippen LogP contribution in [0.5, 0.6) is 17.2 Å². The van der Waals surface area contributed by atoms with E-state index in [0.717, 1.165) is 48.7 Å². The van der Waals surface area contributed by atoms with Crippen LogP contribution in [0.25, 0.3) is 0 Å². The lowest BCUT2D eigenvalue weighted by Crippen LogP contribution is -2.58. The van der Waals surface area contributed by atoms with Crippen molar-refractivity contribution in [3.8, 4) is 17.2 Å². The van der Waals surface area contributed by atoms with E-state index in [9.17, 15) is 4.79 Å². The number of amides is 1. The van der Waals surface area contributed by atoms with Crippen LogP contribution in [0.2, 0.25) is 0 Å². The van der Waals surface area contributed by atoms with Crippen LogP contribution in [0.1, 0.15) is 25.3 Å². The normalized spacial score (nSPS) is 26.5. The second-order valence-corrected chi connectivity index (χ2v) is 6.45. The molecule has 2 atom stereocenters. The second-order valence-electron chi connectivity index (χ2n) is 6.45. The quantitative estimate of drug-likeness (QED) is 0.848. The Balaban J connectivity index is 1.59. The molecule has 0 unspecified atom stereocenters. The van der Waals surface area contributed by atoms with E-state index in [1.807, 2.05) is 19.1 Å². The molecule has 3 heterocycles. The molecule has 3 aliphatic rings. The fraction of sp³-hybridized carbons (Fsp3) is 0.588. The average molecular weight is 318 g/mol. The molecule has 0 saturated carbocycles. The fourth-order valence-electron chi connectivity index (χ4n) is 3.84. The van der Waals surface area contributed by atoms with Crippen molar-refractivity contribution < 1.29 is 19.0 Å². The topological polar surface area (TPSA) is 51.2 Å². The minimum absolute atomic E-state index is 0.0977. The van der Waals surface area contributed by atoms with Crippen molar-refractivity contribution in [1.82, 2.24) is 9.80 Å². The first-order valence-electron chi connectivity index (χ1n) is 8.18. The highest BCUT2D eigenvalue weighted by molar-refractivity contribution is 5.83. The first-order valence-corrected chi connectivity index (χ1v) is 8.18. The van der Waals surface area contributed by atoms with Gasteiger partial charge in [-0.25, -0.2) is 0 Å². The van der Waals surface area contributed by atoms with Gasteiger partial charge in [-0.3, -0.25) is 9.69 Å². The maximum atomic E-state index is 12.6. The van der Waals surface area contributed by atoms with Crippen molar-refractivity contribution >= 4 is 5.91 Å². The Kier molecular flexibility index (Phi) is 3.56. The highest BCUT2D eigenvalue weighted by Crippen LogP contribution is 2.39. The summed E-state index contributed by atoms with van der Waals surface area (Å²) < 4.78 is 16.4. The molecule has 4 rings (SSSR count). The van der Waals surface area contributed by atoms with Gasteiger partial charge in [-0.1, -0.05) is 0 Å². The number of carbonyl (C=O) groups excluding carboxylic acids is 1. The standard InChI is InChI=1S/C17H22N2O4/c1-11-17(20)19-5-3-4-13(19)9-18(11)8-12-6-15-16(23-10-22-15)7-14(12)21-2/h6-7,11,13H,3-5,8-10H2,1-2H3/t11-,13-/m0/s1. The lowest BCUT2D eigenvalue weighted by Gasteiger charge is -2.41. The summed E-state index contributed by atoms with van der Waals surface area (Å²) in [6, 6.07) is 4.10. The third-order valence-corrected chi connectivity index (χ3v) is 5.16. The molecule has 1 aromatic carbocycles.